The number of nitrogens with zero attached hydrogens (tertiary/aromatic N) is 3. The third-order valence-electron chi connectivity index (χ3n) is 3.16. The first-order chi connectivity index (χ1) is 10.6. The van der Waals surface area contributed by atoms with Crippen molar-refractivity contribution in [3.05, 3.63) is 55.9 Å². The summed E-state index contributed by atoms with van der Waals surface area (Å²) in [6.07, 6.45) is 0. The van der Waals surface area contributed by atoms with Crippen LogP contribution in [0.2, 0.25) is 0 Å². The number of H-pyrrole nitrogens is 1. The van der Waals surface area contributed by atoms with Gasteiger partial charge in [-0.3, -0.25) is 10.00 Å². The summed E-state index contributed by atoms with van der Waals surface area (Å²) in [5.41, 5.74) is 1.04. The molecule has 0 bridgehead atoms. The Morgan fingerprint density at radius 3 is 2.73 bits per heavy atom. The van der Waals surface area contributed by atoms with E-state index in [0.29, 0.717) is 11.4 Å². The molecule has 0 saturated carbocycles. The molecule has 114 valence electrons. The van der Waals surface area contributed by atoms with E-state index in [9.17, 15) is 0 Å². The summed E-state index contributed by atoms with van der Waals surface area (Å²) in [6, 6.07) is 14.2. The van der Waals surface area contributed by atoms with Gasteiger partial charge in [-0.15, -0.1) is 11.3 Å². The van der Waals surface area contributed by atoms with Crippen LogP contribution in [0.15, 0.2) is 46.3 Å². The monoisotopic (exact) mass is 394 g/mol. The van der Waals surface area contributed by atoms with Crippen molar-refractivity contribution in [2.45, 2.75) is 13.2 Å². The summed E-state index contributed by atoms with van der Waals surface area (Å²) in [6.45, 7) is 1.55. The molecule has 0 aliphatic rings. The lowest BCUT2D eigenvalue weighted by Crippen LogP contribution is -2.22. The quantitative estimate of drug-likeness (QED) is 0.646. The van der Waals surface area contributed by atoms with E-state index in [1.165, 1.54) is 4.88 Å². The number of benzene rings is 1. The predicted molar refractivity (Wildman–Crippen MR) is 96.3 cm³/mol. The highest BCUT2D eigenvalue weighted by Crippen LogP contribution is 2.23. The highest BCUT2D eigenvalue weighted by atomic mass is 79.9. The van der Waals surface area contributed by atoms with E-state index in [0.717, 1.165) is 21.7 Å². The van der Waals surface area contributed by atoms with Gasteiger partial charge in [-0.2, -0.15) is 4.98 Å². The lowest BCUT2D eigenvalue weighted by Gasteiger charge is -2.15. The van der Waals surface area contributed by atoms with Crippen molar-refractivity contribution in [1.29, 1.82) is 0 Å². The molecule has 2 heterocycles. The van der Waals surface area contributed by atoms with Crippen molar-refractivity contribution >= 4 is 39.5 Å². The molecule has 0 aliphatic carbocycles. The van der Waals surface area contributed by atoms with Crippen LogP contribution in [-0.2, 0) is 13.2 Å². The van der Waals surface area contributed by atoms with Crippen LogP contribution in [0.1, 0.15) is 4.88 Å². The Morgan fingerprint density at radius 2 is 2.05 bits per heavy atom. The minimum atomic E-state index is 0.568. The second-order valence-electron chi connectivity index (χ2n) is 5.01. The number of nitrogens with one attached hydrogen (secondary N) is 1. The summed E-state index contributed by atoms with van der Waals surface area (Å²) in [7, 11) is 2.07. The van der Waals surface area contributed by atoms with Crippen LogP contribution in [0.25, 0.3) is 11.4 Å². The molecule has 0 amide bonds. The van der Waals surface area contributed by atoms with Crippen molar-refractivity contribution in [1.82, 2.24) is 19.7 Å². The van der Waals surface area contributed by atoms with E-state index in [-0.39, 0.29) is 0 Å². The van der Waals surface area contributed by atoms with E-state index < -0.39 is 0 Å². The van der Waals surface area contributed by atoms with Crippen LogP contribution in [-0.4, -0.2) is 26.7 Å². The van der Waals surface area contributed by atoms with Gasteiger partial charge < -0.3 is 0 Å². The summed E-state index contributed by atoms with van der Waals surface area (Å²) < 4.78 is 3.61. The number of rotatable bonds is 5. The standard InChI is InChI=1S/C15H15BrN4S2/c1-19(9-12-7-8-13(16)22-12)10-20-15(21)17-14(18-20)11-5-3-2-4-6-11/h2-8H,9-10H2,1H3,(H,17,18,21). The van der Waals surface area contributed by atoms with Gasteiger partial charge in [0.2, 0.25) is 4.77 Å². The zero-order valence-electron chi connectivity index (χ0n) is 12.0. The number of aromatic amines is 1. The Kier molecular flexibility index (Phi) is 4.87. The van der Waals surface area contributed by atoms with Crippen molar-refractivity contribution in [2.24, 2.45) is 0 Å². The average Bonchev–Trinajstić information content (AvgIpc) is 3.07. The molecular weight excluding hydrogens is 380 g/mol. The summed E-state index contributed by atoms with van der Waals surface area (Å²) in [4.78, 5) is 7.94. The Hall–Kier alpha value is -1.28. The lowest BCUT2D eigenvalue weighted by molar-refractivity contribution is 0.246. The van der Waals surface area contributed by atoms with Crippen LogP contribution in [0.3, 0.4) is 0 Å². The Balaban J connectivity index is 1.73. The molecule has 0 saturated heterocycles. The lowest BCUT2D eigenvalue weighted by atomic mass is 10.2. The van der Waals surface area contributed by atoms with Gasteiger partial charge >= 0.3 is 0 Å². The molecule has 22 heavy (non-hydrogen) atoms. The van der Waals surface area contributed by atoms with E-state index in [4.69, 9.17) is 12.2 Å². The van der Waals surface area contributed by atoms with Gasteiger partial charge in [-0.1, -0.05) is 30.3 Å². The first kappa shape index (κ1) is 15.6. The molecule has 1 aromatic carbocycles. The second-order valence-corrected chi connectivity index (χ2v) is 7.92. The topological polar surface area (TPSA) is 36.9 Å². The molecule has 7 heteroatoms. The fourth-order valence-corrected chi connectivity index (χ4v) is 3.93. The molecule has 0 spiro atoms. The summed E-state index contributed by atoms with van der Waals surface area (Å²) >= 11 is 10.6. The van der Waals surface area contributed by atoms with E-state index in [1.54, 1.807) is 11.3 Å². The van der Waals surface area contributed by atoms with Gasteiger partial charge in [0.1, 0.15) is 0 Å². The molecule has 3 rings (SSSR count). The smallest absolute Gasteiger partial charge is 0.217 e. The number of aromatic nitrogens is 3. The van der Waals surface area contributed by atoms with Gasteiger partial charge in [0.05, 0.1) is 10.5 Å². The SMILES string of the molecule is CN(Cc1ccc(Br)s1)Cn1[nH]c(-c2ccccc2)nc1=S. The normalized spacial score (nSPS) is 11.2. The summed E-state index contributed by atoms with van der Waals surface area (Å²) in [5.74, 6) is 0.804. The molecule has 0 fully saturated rings. The zero-order valence-corrected chi connectivity index (χ0v) is 15.2. The van der Waals surface area contributed by atoms with Crippen LogP contribution in [0, 0.1) is 4.77 Å². The summed E-state index contributed by atoms with van der Waals surface area (Å²) in [5, 5.41) is 3.27. The minimum absolute atomic E-state index is 0.568. The molecule has 2 aromatic heterocycles. The third kappa shape index (κ3) is 3.73. The molecule has 4 nitrogen and oxygen atoms in total. The highest BCUT2D eigenvalue weighted by Gasteiger charge is 2.08. The zero-order chi connectivity index (χ0) is 15.5. The fraction of sp³-hybridized carbons (Fsp3) is 0.200. The molecule has 0 aliphatic heterocycles. The maximum absolute atomic E-state index is 5.35. The molecule has 0 radical (unpaired) electrons. The van der Waals surface area contributed by atoms with Gasteiger partial charge in [-0.05, 0) is 47.3 Å². The molecule has 0 unspecified atom stereocenters. The number of halogens is 1. The minimum Gasteiger partial charge on any atom is -0.282 e. The van der Waals surface area contributed by atoms with Crippen molar-refractivity contribution in [3.63, 3.8) is 0 Å². The first-order valence-corrected chi connectivity index (χ1v) is 8.78. The van der Waals surface area contributed by atoms with Crippen molar-refractivity contribution < 1.29 is 0 Å². The second kappa shape index (κ2) is 6.87. The van der Waals surface area contributed by atoms with Crippen LogP contribution >= 0.6 is 39.5 Å². The number of hydrogen-bond donors (Lipinski definition) is 1. The van der Waals surface area contributed by atoms with Gasteiger partial charge in [0, 0.05) is 17.0 Å². The largest absolute Gasteiger partial charge is 0.282 e. The first-order valence-electron chi connectivity index (χ1n) is 6.77. The molecular formula is C15H15BrN4S2. The van der Waals surface area contributed by atoms with Gasteiger partial charge in [0.15, 0.2) is 5.82 Å². The van der Waals surface area contributed by atoms with Crippen LogP contribution in [0.5, 0.6) is 0 Å². The van der Waals surface area contributed by atoms with E-state index in [2.05, 4.69) is 50.1 Å². The van der Waals surface area contributed by atoms with Crippen LogP contribution in [0.4, 0.5) is 0 Å². The number of thiophene rings is 1. The molecule has 3 aromatic rings. The average molecular weight is 395 g/mol. The van der Waals surface area contributed by atoms with E-state index >= 15 is 0 Å². The van der Waals surface area contributed by atoms with E-state index in [1.807, 2.05) is 35.0 Å². The highest BCUT2D eigenvalue weighted by molar-refractivity contribution is 9.11. The van der Waals surface area contributed by atoms with Gasteiger partial charge in [-0.25, -0.2) is 4.68 Å². The van der Waals surface area contributed by atoms with Crippen molar-refractivity contribution in [3.8, 4) is 11.4 Å². The van der Waals surface area contributed by atoms with Gasteiger partial charge in [0.25, 0.3) is 0 Å². The molecule has 1 N–H and O–H groups in total. The fourth-order valence-electron chi connectivity index (χ4n) is 2.17. The Morgan fingerprint density at radius 1 is 1.27 bits per heavy atom. The Labute approximate surface area is 146 Å². The predicted octanol–water partition coefficient (Wildman–Crippen LogP) is 4.52. The maximum Gasteiger partial charge on any atom is 0.217 e. The molecule has 0 atom stereocenters. The Bertz CT molecular complexity index is 806. The third-order valence-corrected chi connectivity index (χ3v) is 5.08. The van der Waals surface area contributed by atoms with Crippen LogP contribution < -0.4 is 0 Å². The number of hydrogen-bond acceptors (Lipinski definition) is 4. The van der Waals surface area contributed by atoms with Crippen molar-refractivity contribution in [2.75, 3.05) is 7.05 Å². The maximum atomic E-state index is 5.35.